The molecule has 1 heterocycles. The molecule has 0 fully saturated rings. The fourth-order valence-electron chi connectivity index (χ4n) is 1.33. The number of rotatable bonds is 2. The van der Waals surface area contributed by atoms with Gasteiger partial charge in [-0.1, -0.05) is 27.5 Å². The molecular formula is C12H7Br2ClN2O. The predicted octanol–water partition coefficient (Wildman–Crippen LogP) is 4.51. The Balaban J connectivity index is 2.25. The van der Waals surface area contributed by atoms with Crippen molar-refractivity contribution in [3.63, 3.8) is 0 Å². The summed E-state index contributed by atoms with van der Waals surface area (Å²) in [6.45, 7) is 0. The fraction of sp³-hybridized carbons (Fsp3) is 0. The lowest BCUT2D eigenvalue weighted by Crippen LogP contribution is -2.13. The first-order valence-corrected chi connectivity index (χ1v) is 6.91. The molecular weight excluding hydrogens is 383 g/mol. The van der Waals surface area contributed by atoms with Crippen LogP contribution in [0.5, 0.6) is 0 Å². The highest BCUT2D eigenvalue weighted by atomic mass is 79.9. The summed E-state index contributed by atoms with van der Waals surface area (Å²) in [6, 6.07) is 8.65. The molecule has 0 aliphatic carbocycles. The van der Waals surface area contributed by atoms with Crippen molar-refractivity contribution < 1.29 is 4.79 Å². The molecule has 1 N–H and O–H groups in total. The third kappa shape index (κ3) is 3.10. The van der Waals surface area contributed by atoms with Gasteiger partial charge in [-0.15, -0.1) is 0 Å². The van der Waals surface area contributed by atoms with E-state index in [9.17, 15) is 4.79 Å². The largest absolute Gasteiger partial charge is 0.306 e. The number of nitrogens with zero attached hydrogens (tertiary/aromatic N) is 1. The summed E-state index contributed by atoms with van der Waals surface area (Å²) in [7, 11) is 0. The van der Waals surface area contributed by atoms with E-state index in [4.69, 9.17) is 11.6 Å². The van der Waals surface area contributed by atoms with E-state index in [1.165, 1.54) is 0 Å². The van der Waals surface area contributed by atoms with Crippen LogP contribution < -0.4 is 5.32 Å². The van der Waals surface area contributed by atoms with Crippen molar-refractivity contribution in [2.75, 3.05) is 5.32 Å². The monoisotopic (exact) mass is 388 g/mol. The number of carbonyl (C=O) groups is 1. The van der Waals surface area contributed by atoms with Crippen LogP contribution in [0.4, 0.5) is 5.82 Å². The molecule has 1 aromatic carbocycles. The number of hydrogen-bond donors (Lipinski definition) is 1. The van der Waals surface area contributed by atoms with E-state index in [0.717, 1.165) is 4.47 Å². The second-order valence-corrected chi connectivity index (χ2v) is 5.59. The number of nitrogens with one attached hydrogen (secondary N) is 1. The van der Waals surface area contributed by atoms with E-state index in [1.807, 2.05) is 0 Å². The molecule has 0 aliphatic heterocycles. The van der Waals surface area contributed by atoms with Gasteiger partial charge in [0.15, 0.2) is 0 Å². The Bertz CT molecular complexity index is 604. The van der Waals surface area contributed by atoms with Gasteiger partial charge in [0, 0.05) is 10.7 Å². The Hall–Kier alpha value is -0.910. The quantitative estimate of drug-likeness (QED) is 0.820. The molecule has 0 spiro atoms. The van der Waals surface area contributed by atoms with Crippen molar-refractivity contribution in [3.05, 3.63) is 56.1 Å². The lowest BCUT2D eigenvalue weighted by molar-refractivity contribution is 0.102. The fourth-order valence-corrected chi connectivity index (χ4v) is 2.44. The number of aromatic nitrogens is 1. The molecule has 0 atom stereocenters. The normalized spacial score (nSPS) is 10.2. The predicted molar refractivity (Wildman–Crippen MR) is 79.0 cm³/mol. The van der Waals surface area contributed by atoms with E-state index in [-0.39, 0.29) is 5.91 Å². The van der Waals surface area contributed by atoms with Crippen LogP contribution in [0.3, 0.4) is 0 Å². The van der Waals surface area contributed by atoms with Gasteiger partial charge in [-0.2, -0.15) is 0 Å². The summed E-state index contributed by atoms with van der Waals surface area (Å²) in [6.07, 6.45) is 1.60. The van der Waals surface area contributed by atoms with Gasteiger partial charge in [0.25, 0.3) is 5.91 Å². The number of benzene rings is 1. The molecule has 3 nitrogen and oxygen atoms in total. The summed E-state index contributed by atoms with van der Waals surface area (Å²) in [4.78, 5) is 16.1. The topological polar surface area (TPSA) is 42.0 Å². The summed E-state index contributed by atoms with van der Waals surface area (Å²) < 4.78 is 1.54. The number of pyridine rings is 1. The number of amides is 1. The molecule has 1 aromatic heterocycles. The third-order valence-corrected chi connectivity index (χ3v) is 3.61. The van der Waals surface area contributed by atoms with Crippen LogP contribution in [-0.4, -0.2) is 10.9 Å². The van der Waals surface area contributed by atoms with Crippen LogP contribution in [-0.2, 0) is 0 Å². The summed E-state index contributed by atoms with van der Waals surface area (Å²) in [5.74, 6) is 0.161. The summed E-state index contributed by atoms with van der Waals surface area (Å²) in [5, 5.41) is 3.07. The highest BCUT2D eigenvalue weighted by Gasteiger charge is 2.12. The maximum Gasteiger partial charge on any atom is 0.258 e. The zero-order chi connectivity index (χ0) is 13.1. The first-order chi connectivity index (χ1) is 8.58. The third-order valence-electron chi connectivity index (χ3n) is 2.17. The maximum atomic E-state index is 12.0. The van der Waals surface area contributed by atoms with Crippen molar-refractivity contribution >= 4 is 55.2 Å². The van der Waals surface area contributed by atoms with Gasteiger partial charge in [0.1, 0.15) is 5.82 Å². The minimum Gasteiger partial charge on any atom is -0.306 e. The maximum absolute atomic E-state index is 12.0. The zero-order valence-electron chi connectivity index (χ0n) is 8.95. The highest BCUT2D eigenvalue weighted by molar-refractivity contribution is 9.10. The lowest BCUT2D eigenvalue weighted by Gasteiger charge is -2.07. The molecule has 92 valence electrons. The molecule has 0 unspecified atom stereocenters. The van der Waals surface area contributed by atoms with Crippen molar-refractivity contribution in [1.29, 1.82) is 0 Å². The molecule has 2 aromatic rings. The first kappa shape index (κ1) is 13.5. The van der Waals surface area contributed by atoms with Gasteiger partial charge in [-0.3, -0.25) is 4.79 Å². The average Bonchev–Trinajstić information content (AvgIpc) is 2.32. The van der Waals surface area contributed by atoms with Crippen LogP contribution in [0.25, 0.3) is 0 Å². The van der Waals surface area contributed by atoms with E-state index in [0.29, 0.717) is 20.9 Å². The molecule has 6 heteroatoms. The molecule has 0 radical (unpaired) electrons. The van der Waals surface area contributed by atoms with E-state index in [2.05, 4.69) is 42.2 Å². The highest BCUT2D eigenvalue weighted by Crippen LogP contribution is 2.24. The van der Waals surface area contributed by atoms with Gasteiger partial charge in [0.05, 0.1) is 15.1 Å². The number of carbonyl (C=O) groups excluding carboxylic acids is 1. The van der Waals surface area contributed by atoms with Crippen LogP contribution in [0.1, 0.15) is 10.4 Å². The van der Waals surface area contributed by atoms with Crippen LogP contribution in [0, 0.1) is 0 Å². The Labute approximate surface area is 126 Å². The van der Waals surface area contributed by atoms with Crippen molar-refractivity contribution in [1.82, 2.24) is 4.98 Å². The second-order valence-electron chi connectivity index (χ2n) is 3.41. The molecule has 0 saturated heterocycles. The number of hydrogen-bond acceptors (Lipinski definition) is 2. The number of anilines is 1. The Morgan fingerprint density at radius 2 is 2.06 bits per heavy atom. The van der Waals surface area contributed by atoms with Gasteiger partial charge in [-0.25, -0.2) is 4.98 Å². The van der Waals surface area contributed by atoms with Gasteiger partial charge >= 0.3 is 0 Å². The second kappa shape index (κ2) is 5.82. The van der Waals surface area contributed by atoms with E-state index >= 15 is 0 Å². The first-order valence-electron chi connectivity index (χ1n) is 4.95. The van der Waals surface area contributed by atoms with Crippen molar-refractivity contribution in [3.8, 4) is 0 Å². The van der Waals surface area contributed by atoms with Crippen LogP contribution in [0.15, 0.2) is 45.5 Å². The molecule has 18 heavy (non-hydrogen) atoms. The Morgan fingerprint density at radius 1 is 1.28 bits per heavy atom. The zero-order valence-corrected chi connectivity index (χ0v) is 12.9. The van der Waals surface area contributed by atoms with E-state index < -0.39 is 0 Å². The minimum absolute atomic E-state index is 0.299. The van der Waals surface area contributed by atoms with Crippen LogP contribution in [0.2, 0.25) is 5.02 Å². The molecule has 0 aliphatic rings. The molecule has 0 saturated carbocycles. The minimum atomic E-state index is -0.299. The smallest absolute Gasteiger partial charge is 0.258 e. The SMILES string of the molecule is O=C(Nc1ncccc1Br)c1ccc(Br)cc1Cl. The van der Waals surface area contributed by atoms with E-state index in [1.54, 1.807) is 36.5 Å². The average molecular weight is 390 g/mol. The molecule has 2 rings (SSSR count). The van der Waals surface area contributed by atoms with Crippen molar-refractivity contribution in [2.45, 2.75) is 0 Å². The van der Waals surface area contributed by atoms with Crippen LogP contribution >= 0.6 is 43.5 Å². The van der Waals surface area contributed by atoms with Gasteiger partial charge < -0.3 is 5.32 Å². The molecule has 0 bridgehead atoms. The van der Waals surface area contributed by atoms with Gasteiger partial charge in [-0.05, 0) is 46.3 Å². The Kier molecular flexibility index (Phi) is 4.37. The number of halogens is 3. The Morgan fingerprint density at radius 3 is 2.72 bits per heavy atom. The summed E-state index contributed by atoms with van der Waals surface area (Å²) in [5.41, 5.74) is 0.400. The summed E-state index contributed by atoms with van der Waals surface area (Å²) >= 11 is 12.6. The van der Waals surface area contributed by atoms with Crippen molar-refractivity contribution in [2.24, 2.45) is 0 Å². The van der Waals surface area contributed by atoms with Gasteiger partial charge in [0.2, 0.25) is 0 Å². The molecule has 1 amide bonds. The standard InChI is InChI=1S/C12H7Br2ClN2O/c13-7-3-4-8(10(15)6-7)12(18)17-11-9(14)2-1-5-16-11/h1-6H,(H,16,17,18). The lowest BCUT2D eigenvalue weighted by atomic mass is 10.2.